The Morgan fingerprint density at radius 3 is 2.76 bits per heavy atom. The molecular formula is C24H28FN3O. The molecule has 0 saturated carbocycles. The van der Waals surface area contributed by atoms with Crippen LogP contribution >= 0.6 is 0 Å². The number of para-hydroxylation sites is 1. The van der Waals surface area contributed by atoms with E-state index in [1.807, 2.05) is 0 Å². The van der Waals surface area contributed by atoms with E-state index in [2.05, 4.69) is 39.9 Å². The molecule has 2 atom stereocenters. The van der Waals surface area contributed by atoms with E-state index in [4.69, 9.17) is 0 Å². The summed E-state index contributed by atoms with van der Waals surface area (Å²) in [6.07, 6.45) is 2.56. The number of hydrogen-bond acceptors (Lipinski definition) is 4. The van der Waals surface area contributed by atoms with Gasteiger partial charge in [0.25, 0.3) is 0 Å². The first-order chi connectivity index (χ1) is 14.1. The van der Waals surface area contributed by atoms with E-state index in [0.29, 0.717) is 23.9 Å². The summed E-state index contributed by atoms with van der Waals surface area (Å²) in [5.41, 5.74) is 4.95. The summed E-state index contributed by atoms with van der Waals surface area (Å²) >= 11 is 0. The van der Waals surface area contributed by atoms with E-state index in [1.54, 1.807) is 12.1 Å². The van der Waals surface area contributed by atoms with Gasteiger partial charge in [-0.25, -0.2) is 4.39 Å². The summed E-state index contributed by atoms with van der Waals surface area (Å²) in [5.74, 6) is 0.377. The molecule has 152 valence electrons. The van der Waals surface area contributed by atoms with Crippen molar-refractivity contribution in [1.29, 1.82) is 0 Å². The number of nitrogens with zero attached hydrogens (tertiary/aromatic N) is 3. The minimum Gasteiger partial charge on any atom is -0.371 e. The summed E-state index contributed by atoms with van der Waals surface area (Å²) < 4.78 is 13.0. The zero-order chi connectivity index (χ0) is 20.0. The highest BCUT2D eigenvalue weighted by Crippen LogP contribution is 2.50. The fourth-order valence-corrected chi connectivity index (χ4v) is 5.42. The van der Waals surface area contributed by atoms with Crippen molar-refractivity contribution in [2.24, 2.45) is 0 Å². The number of fused-ring (bicyclic) bond motifs is 3. The molecule has 3 aliphatic rings. The van der Waals surface area contributed by atoms with Gasteiger partial charge in [0, 0.05) is 57.2 Å². The number of piperidine rings is 1. The van der Waals surface area contributed by atoms with Gasteiger partial charge in [-0.2, -0.15) is 0 Å². The molecule has 1 saturated heterocycles. The van der Waals surface area contributed by atoms with Crippen LogP contribution in [0.2, 0.25) is 0 Å². The van der Waals surface area contributed by atoms with Crippen LogP contribution in [0.4, 0.5) is 15.8 Å². The molecule has 0 N–H and O–H groups in total. The first-order valence-electron chi connectivity index (χ1n) is 10.7. The average molecular weight is 394 g/mol. The lowest BCUT2D eigenvalue weighted by Crippen LogP contribution is -2.49. The van der Waals surface area contributed by atoms with Crippen molar-refractivity contribution in [3.63, 3.8) is 0 Å². The number of anilines is 2. The van der Waals surface area contributed by atoms with Crippen LogP contribution in [0.15, 0.2) is 42.5 Å². The Morgan fingerprint density at radius 1 is 1.10 bits per heavy atom. The van der Waals surface area contributed by atoms with Crippen LogP contribution < -0.4 is 9.80 Å². The van der Waals surface area contributed by atoms with E-state index in [9.17, 15) is 9.18 Å². The number of rotatable bonds is 5. The van der Waals surface area contributed by atoms with Gasteiger partial charge in [0.15, 0.2) is 5.78 Å². The Morgan fingerprint density at radius 2 is 1.93 bits per heavy atom. The minimum absolute atomic E-state index is 0.107. The number of carbonyl (C=O) groups is 1. The van der Waals surface area contributed by atoms with Gasteiger partial charge < -0.3 is 14.7 Å². The second kappa shape index (κ2) is 7.45. The molecule has 29 heavy (non-hydrogen) atoms. The van der Waals surface area contributed by atoms with E-state index < -0.39 is 0 Å². The summed E-state index contributed by atoms with van der Waals surface area (Å²) in [5, 5.41) is 0. The maximum atomic E-state index is 13.0. The van der Waals surface area contributed by atoms with Crippen LogP contribution in [-0.2, 0) is 0 Å². The Labute approximate surface area is 171 Å². The van der Waals surface area contributed by atoms with E-state index in [-0.39, 0.29) is 11.6 Å². The number of Topliss-reactive ketones (excluding diaryl/α,β-unsaturated/α-hetero) is 1. The summed E-state index contributed by atoms with van der Waals surface area (Å²) in [6.45, 7) is 5.33. The number of halogens is 1. The third-order valence-corrected chi connectivity index (χ3v) is 6.93. The molecule has 0 radical (unpaired) electrons. The molecule has 0 spiro atoms. The molecule has 3 aliphatic heterocycles. The Hall–Kier alpha value is -2.40. The molecule has 2 unspecified atom stereocenters. The quantitative estimate of drug-likeness (QED) is 0.720. The molecule has 0 bridgehead atoms. The molecule has 2 aromatic rings. The lowest BCUT2D eigenvalue weighted by molar-refractivity contribution is 0.0971. The SMILES string of the molecule is CN1CCN2c3c(cccc31)C1CN(CCCC(=O)c3ccc(F)cc3)CCC12. The number of ketones is 1. The van der Waals surface area contributed by atoms with E-state index in [1.165, 1.54) is 35.5 Å². The van der Waals surface area contributed by atoms with E-state index >= 15 is 0 Å². The second-order valence-corrected chi connectivity index (χ2v) is 8.63. The lowest BCUT2D eigenvalue weighted by Gasteiger charge is -2.41. The minimum atomic E-state index is -0.298. The maximum Gasteiger partial charge on any atom is 0.162 e. The predicted octanol–water partition coefficient (Wildman–Crippen LogP) is 3.92. The molecule has 4 nitrogen and oxygen atoms in total. The van der Waals surface area contributed by atoms with Crippen molar-refractivity contribution in [1.82, 2.24) is 4.90 Å². The summed E-state index contributed by atoms with van der Waals surface area (Å²) in [4.78, 5) is 19.9. The van der Waals surface area contributed by atoms with E-state index in [0.717, 1.165) is 39.1 Å². The predicted molar refractivity (Wildman–Crippen MR) is 115 cm³/mol. The molecule has 0 amide bonds. The van der Waals surface area contributed by atoms with Crippen molar-refractivity contribution in [3.8, 4) is 0 Å². The van der Waals surface area contributed by atoms with Gasteiger partial charge in [-0.3, -0.25) is 4.79 Å². The average Bonchev–Trinajstić information content (AvgIpc) is 3.06. The first-order valence-corrected chi connectivity index (χ1v) is 10.7. The van der Waals surface area contributed by atoms with Gasteiger partial charge in [0.05, 0.1) is 11.4 Å². The number of benzene rings is 2. The van der Waals surface area contributed by atoms with Crippen LogP contribution in [0.1, 0.15) is 41.1 Å². The smallest absolute Gasteiger partial charge is 0.162 e. The molecule has 0 aromatic heterocycles. The van der Waals surface area contributed by atoms with Gasteiger partial charge in [0.2, 0.25) is 0 Å². The molecule has 2 aromatic carbocycles. The van der Waals surface area contributed by atoms with Crippen molar-refractivity contribution < 1.29 is 9.18 Å². The molecule has 5 heteroatoms. The second-order valence-electron chi connectivity index (χ2n) is 8.63. The molecule has 1 fully saturated rings. The fourth-order valence-electron chi connectivity index (χ4n) is 5.42. The van der Waals surface area contributed by atoms with Gasteiger partial charge in [-0.15, -0.1) is 0 Å². The van der Waals surface area contributed by atoms with Gasteiger partial charge in [0.1, 0.15) is 5.82 Å². The van der Waals surface area contributed by atoms with Crippen molar-refractivity contribution in [2.45, 2.75) is 31.2 Å². The topological polar surface area (TPSA) is 26.8 Å². The highest BCUT2D eigenvalue weighted by molar-refractivity contribution is 5.95. The van der Waals surface area contributed by atoms with Crippen LogP contribution in [0, 0.1) is 5.82 Å². The highest BCUT2D eigenvalue weighted by atomic mass is 19.1. The largest absolute Gasteiger partial charge is 0.371 e. The number of likely N-dealkylation sites (N-methyl/N-ethyl adjacent to an activating group) is 1. The zero-order valence-corrected chi connectivity index (χ0v) is 17.0. The molecule has 0 aliphatic carbocycles. The fraction of sp³-hybridized carbons (Fsp3) is 0.458. The third kappa shape index (κ3) is 3.31. The van der Waals surface area contributed by atoms with Gasteiger partial charge >= 0.3 is 0 Å². The van der Waals surface area contributed by atoms with Gasteiger partial charge in [-0.1, -0.05) is 12.1 Å². The maximum absolute atomic E-state index is 13.0. The molecule has 3 heterocycles. The van der Waals surface area contributed by atoms with Crippen LogP contribution in [0.3, 0.4) is 0 Å². The monoisotopic (exact) mass is 393 g/mol. The zero-order valence-electron chi connectivity index (χ0n) is 17.0. The van der Waals surface area contributed by atoms with Crippen LogP contribution in [-0.4, -0.2) is 56.5 Å². The summed E-state index contributed by atoms with van der Waals surface area (Å²) in [6, 6.07) is 13.3. The van der Waals surface area contributed by atoms with Crippen LogP contribution in [0.25, 0.3) is 0 Å². The Kier molecular flexibility index (Phi) is 4.78. The Balaban J connectivity index is 1.22. The van der Waals surface area contributed by atoms with Crippen molar-refractivity contribution in [3.05, 3.63) is 59.4 Å². The number of carbonyl (C=O) groups excluding carboxylic acids is 1. The standard InChI is InChI=1S/C24H28FN3O/c1-26-14-15-28-21-11-13-27(16-20(21)19-4-2-5-22(26)24(19)28)12-3-6-23(29)17-7-9-18(25)10-8-17/h2,4-5,7-10,20-21H,3,6,11-16H2,1H3. The summed E-state index contributed by atoms with van der Waals surface area (Å²) in [7, 11) is 2.19. The molecular weight excluding hydrogens is 365 g/mol. The lowest BCUT2D eigenvalue weighted by atomic mass is 9.89. The van der Waals surface area contributed by atoms with Crippen LogP contribution in [0.5, 0.6) is 0 Å². The normalized spacial score (nSPS) is 23.1. The number of hydrogen-bond donors (Lipinski definition) is 0. The number of likely N-dealkylation sites (tertiary alicyclic amines) is 1. The highest BCUT2D eigenvalue weighted by Gasteiger charge is 2.44. The van der Waals surface area contributed by atoms with Crippen molar-refractivity contribution >= 4 is 17.2 Å². The third-order valence-electron chi connectivity index (χ3n) is 6.93. The van der Waals surface area contributed by atoms with Crippen molar-refractivity contribution in [2.75, 3.05) is 49.6 Å². The van der Waals surface area contributed by atoms with Gasteiger partial charge in [-0.05, 0) is 55.3 Å². The Bertz CT molecular complexity index is 913. The first kappa shape index (κ1) is 18.6. The molecule has 5 rings (SSSR count).